The Morgan fingerprint density at radius 3 is 2.79 bits per heavy atom. The van der Waals surface area contributed by atoms with E-state index >= 15 is 0 Å². The average Bonchev–Trinajstić information content (AvgIpc) is 3.31. The number of anilines is 3. The number of hydrogen-bond donors (Lipinski definition) is 3. The van der Waals surface area contributed by atoms with Crippen LogP contribution in [0.5, 0.6) is 0 Å². The van der Waals surface area contributed by atoms with Gasteiger partial charge >= 0.3 is 6.03 Å². The first-order valence-electron chi connectivity index (χ1n) is 9.12. The summed E-state index contributed by atoms with van der Waals surface area (Å²) < 4.78 is 10.6. The first kappa shape index (κ1) is 18.8. The Labute approximate surface area is 167 Å². The number of rotatable bonds is 3. The van der Waals surface area contributed by atoms with Crippen molar-refractivity contribution in [1.82, 2.24) is 5.16 Å². The Bertz CT molecular complexity index is 1060. The molecule has 9 nitrogen and oxygen atoms in total. The van der Waals surface area contributed by atoms with Gasteiger partial charge in [0, 0.05) is 22.9 Å². The van der Waals surface area contributed by atoms with Crippen molar-refractivity contribution in [3.8, 4) is 0 Å². The molecule has 0 saturated heterocycles. The molecule has 3 heterocycles. The number of carbonyl (C=O) groups excluding carboxylic acids is 1. The highest BCUT2D eigenvalue weighted by Crippen LogP contribution is 2.34. The number of nitrogens with one attached hydrogen (secondary N) is 2. The van der Waals surface area contributed by atoms with Crippen LogP contribution in [0.1, 0.15) is 38.3 Å². The number of carbonyl (C=O) groups is 1. The number of fused-ring (bicyclic) bond motifs is 1. The third-order valence-electron chi connectivity index (χ3n) is 4.49. The number of aliphatic imine (C=N–C) groups is 1. The van der Waals surface area contributed by atoms with E-state index in [1.807, 2.05) is 32.9 Å². The molecule has 4 N–H and O–H groups in total. The molecular weight excluding hydrogens is 372 g/mol. The van der Waals surface area contributed by atoms with Crippen molar-refractivity contribution in [3.05, 3.63) is 54.0 Å². The fraction of sp³-hybridized carbons (Fsp3) is 0.250. The van der Waals surface area contributed by atoms with Gasteiger partial charge in [-0.2, -0.15) is 0 Å². The van der Waals surface area contributed by atoms with Crippen molar-refractivity contribution in [3.63, 3.8) is 0 Å². The van der Waals surface area contributed by atoms with Crippen LogP contribution in [0.2, 0.25) is 0 Å². The van der Waals surface area contributed by atoms with Crippen molar-refractivity contribution in [2.24, 2.45) is 10.7 Å². The molecule has 0 fully saturated rings. The van der Waals surface area contributed by atoms with Gasteiger partial charge in [0.1, 0.15) is 18.3 Å². The summed E-state index contributed by atoms with van der Waals surface area (Å²) in [4.78, 5) is 18.4. The maximum Gasteiger partial charge on any atom is 0.324 e. The van der Waals surface area contributed by atoms with Gasteiger partial charge in [0.05, 0.1) is 11.8 Å². The highest BCUT2D eigenvalue weighted by Gasteiger charge is 2.25. The molecule has 29 heavy (non-hydrogen) atoms. The normalized spacial score (nSPS) is 15.9. The number of urea groups is 1. The first-order chi connectivity index (χ1) is 13.8. The molecule has 2 aromatic heterocycles. The molecule has 0 spiro atoms. The van der Waals surface area contributed by atoms with Gasteiger partial charge in [0.15, 0.2) is 5.82 Å². The van der Waals surface area contributed by atoms with E-state index in [2.05, 4.69) is 20.8 Å². The zero-order chi connectivity index (χ0) is 20.6. The first-order valence-corrected chi connectivity index (χ1v) is 9.12. The summed E-state index contributed by atoms with van der Waals surface area (Å²) in [6.45, 7) is 6.01. The molecule has 0 saturated carbocycles. The molecule has 1 atom stereocenters. The maximum absolute atomic E-state index is 12.3. The van der Waals surface area contributed by atoms with E-state index in [0.29, 0.717) is 23.1 Å². The van der Waals surface area contributed by atoms with Gasteiger partial charge in [-0.3, -0.25) is 5.32 Å². The molecule has 4 rings (SSSR count). The summed E-state index contributed by atoms with van der Waals surface area (Å²) >= 11 is 0. The molecule has 1 unspecified atom stereocenters. The van der Waals surface area contributed by atoms with Crippen LogP contribution < -0.4 is 21.3 Å². The molecule has 9 heteroatoms. The Kier molecular flexibility index (Phi) is 4.59. The second kappa shape index (κ2) is 7.10. The Hall–Kier alpha value is -3.59. The molecular formula is C20H22N6O3. The van der Waals surface area contributed by atoms with Crippen molar-refractivity contribution < 1.29 is 13.7 Å². The monoisotopic (exact) mass is 394 g/mol. The Morgan fingerprint density at radius 2 is 2.03 bits per heavy atom. The lowest BCUT2D eigenvalue weighted by Crippen LogP contribution is -2.35. The van der Waals surface area contributed by atoms with Crippen LogP contribution in [0, 0.1) is 0 Å². The van der Waals surface area contributed by atoms with E-state index in [4.69, 9.17) is 14.7 Å². The topological polar surface area (TPSA) is 122 Å². The Balaban J connectivity index is 1.45. The highest BCUT2D eigenvalue weighted by molar-refractivity contribution is 5.99. The van der Waals surface area contributed by atoms with Crippen LogP contribution in [-0.4, -0.2) is 17.5 Å². The van der Waals surface area contributed by atoms with Gasteiger partial charge in [-0.05, 0) is 24.3 Å². The molecule has 1 aromatic carbocycles. The summed E-state index contributed by atoms with van der Waals surface area (Å²) in [5, 5.41) is 9.34. The third kappa shape index (κ3) is 3.85. The van der Waals surface area contributed by atoms with Gasteiger partial charge in [-0.15, -0.1) is 0 Å². The number of hydrogen-bond acceptors (Lipinski definition) is 7. The molecule has 150 valence electrons. The van der Waals surface area contributed by atoms with E-state index in [0.717, 1.165) is 11.3 Å². The summed E-state index contributed by atoms with van der Waals surface area (Å²) in [7, 11) is 0. The van der Waals surface area contributed by atoms with Crippen LogP contribution in [0.25, 0.3) is 0 Å². The van der Waals surface area contributed by atoms with Crippen molar-refractivity contribution in [2.45, 2.75) is 32.4 Å². The van der Waals surface area contributed by atoms with Crippen LogP contribution in [0.4, 0.5) is 27.9 Å². The lowest BCUT2D eigenvalue weighted by Gasteiger charge is -2.29. The quantitative estimate of drug-likeness (QED) is 0.607. The second-order valence-electron chi connectivity index (χ2n) is 7.73. The number of aromatic nitrogens is 1. The largest absolute Gasteiger partial charge is 0.446 e. The van der Waals surface area contributed by atoms with Crippen LogP contribution in [0.3, 0.4) is 0 Å². The molecule has 1 aliphatic rings. The molecule has 0 radical (unpaired) electrons. The molecule has 0 bridgehead atoms. The fourth-order valence-corrected chi connectivity index (χ4v) is 2.92. The second-order valence-corrected chi connectivity index (χ2v) is 7.73. The van der Waals surface area contributed by atoms with Crippen molar-refractivity contribution in [1.29, 1.82) is 0 Å². The number of benzene rings is 1. The molecule has 0 aliphatic carbocycles. The van der Waals surface area contributed by atoms with Crippen molar-refractivity contribution in [2.75, 3.05) is 15.5 Å². The van der Waals surface area contributed by atoms with E-state index in [9.17, 15) is 4.79 Å². The lowest BCUT2D eigenvalue weighted by molar-refractivity contribution is 0.262. The van der Waals surface area contributed by atoms with Crippen molar-refractivity contribution >= 4 is 35.4 Å². The van der Waals surface area contributed by atoms with Gasteiger partial charge in [-0.25, -0.2) is 9.79 Å². The minimum absolute atomic E-state index is 0.193. The molecule has 3 aromatic rings. The highest BCUT2D eigenvalue weighted by atomic mass is 16.5. The minimum atomic E-state index is -0.434. The zero-order valence-electron chi connectivity index (χ0n) is 16.3. The lowest BCUT2D eigenvalue weighted by atomic mass is 9.93. The van der Waals surface area contributed by atoms with Gasteiger partial charge in [0.25, 0.3) is 0 Å². The summed E-state index contributed by atoms with van der Waals surface area (Å²) in [6, 6.07) is 10.4. The van der Waals surface area contributed by atoms with E-state index < -0.39 is 12.2 Å². The minimum Gasteiger partial charge on any atom is -0.446 e. The number of furan rings is 1. The Morgan fingerprint density at radius 1 is 1.21 bits per heavy atom. The summed E-state index contributed by atoms with van der Waals surface area (Å²) in [6.07, 6.45) is 2.73. The van der Waals surface area contributed by atoms with Gasteiger partial charge < -0.3 is 24.9 Å². The van der Waals surface area contributed by atoms with Gasteiger partial charge in [0.2, 0.25) is 5.88 Å². The maximum atomic E-state index is 12.3. The summed E-state index contributed by atoms with van der Waals surface area (Å²) in [5.74, 6) is 1.54. The van der Waals surface area contributed by atoms with E-state index in [1.165, 1.54) is 0 Å². The predicted molar refractivity (Wildman–Crippen MR) is 111 cm³/mol. The SMILES string of the molecule is CC(C)(C)c1cc(NC(=O)Nc2cccc(N3C=Nc4occc4C3N)c2)no1. The number of nitrogens with two attached hydrogens (primary N) is 1. The summed E-state index contributed by atoms with van der Waals surface area (Å²) in [5.41, 5.74) is 8.29. The van der Waals surface area contributed by atoms with E-state index in [-0.39, 0.29) is 5.41 Å². The zero-order valence-corrected chi connectivity index (χ0v) is 16.3. The van der Waals surface area contributed by atoms with Crippen LogP contribution in [0.15, 0.2) is 56.6 Å². The molecule has 2 amide bonds. The molecule has 1 aliphatic heterocycles. The van der Waals surface area contributed by atoms with E-state index in [1.54, 1.807) is 41.8 Å². The average molecular weight is 394 g/mol. The number of amides is 2. The van der Waals surface area contributed by atoms with Gasteiger partial charge in [-0.1, -0.05) is 32.0 Å². The number of nitrogens with zero attached hydrogens (tertiary/aromatic N) is 3. The van der Waals surface area contributed by atoms with Crippen LogP contribution in [-0.2, 0) is 5.41 Å². The predicted octanol–water partition coefficient (Wildman–Crippen LogP) is 4.35. The fourth-order valence-electron chi connectivity index (χ4n) is 2.92. The third-order valence-corrected chi connectivity index (χ3v) is 4.49. The standard InChI is InChI=1S/C20H22N6O3/c1-20(2,3)15-10-16(25-29-15)24-19(27)23-12-5-4-6-13(9-12)26-11-22-18-14(17(26)21)7-8-28-18/h4-11,17H,21H2,1-3H3,(H2,23,24,25,27). The smallest absolute Gasteiger partial charge is 0.324 e. The van der Waals surface area contributed by atoms with Crippen LogP contribution >= 0.6 is 0 Å².